The van der Waals surface area contributed by atoms with Gasteiger partial charge in [-0.3, -0.25) is 4.79 Å². The highest BCUT2D eigenvalue weighted by Crippen LogP contribution is 2.33. The molecule has 0 saturated carbocycles. The fourth-order valence-electron chi connectivity index (χ4n) is 2.86. The molecule has 2 aromatic carbocycles. The van der Waals surface area contributed by atoms with Crippen molar-refractivity contribution in [1.82, 2.24) is 4.90 Å². The van der Waals surface area contributed by atoms with E-state index in [4.69, 9.17) is 0 Å². The summed E-state index contributed by atoms with van der Waals surface area (Å²) in [5.74, 6) is -2.39. The molecule has 3 rings (SSSR count). The first-order chi connectivity index (χ1) is 10.6. The topological polar surface area (TPSA) is 20.3 Å². The quantitative estimate of drug-likeness (QED) is 0.818. The normalized spacial score (nSPS) is 17.8. The molecule has 0 N–H and O–H groups in total. The van der Waals surface area contributed by atoms with Crippen LogP contribution in [-0.2, 0) is 0 Å². The van der Waals surface area contributed by atoms with E-state index in [1.54, 1.807) is 17.0 Å². The molecule has 1 unspecified atom stereocenters. The second-order valence-corrected chi connectivity index (χ2v) is 5.33. The molecule has 114 valence electrons. The molecule has 22 heavy (non-hydrogen) atoms. The Balaban J connectivity index is 1.89. The smallest absolute Gasteiger partial charge is 0.257 e. The van der Waals surface area contributed by atoms with Gasteiger partial charge in [-0.15, -0.1) is 0 Å². The van der Waals surface area contributed by atoms with Crippen LogP contribution < -0.4 is 0 Å². The summed E-state index contributed by atoms with van der Waals surface area (Å²) >= 11 is 0. The molecule has 1 aliphatic rings. The van der Waals surface area contributed by atoms with E-state index < -0.39 is 17.5 Å². The molecular formula is C17H14F3NO. The van der Waals surface area contributed by atoms with E-state index in [0.29, 0.717) is 12.6 Å². The van der Waals surface area contributed by atoms with Gasteiger partial charge >= 0.3 is 0 Å². The molecule has 0 radical (unpaired) electrons. The number of likely N-dealkylation sites (tertiary alicyclic amines) is 1. The first kappa shape index (κ1) is 14.6. The van der Waals surface area contributed by atoms with Gasteiger partial charge in [0.1, 0.15) is 17.5 Å². The lowest BCUT2D eigenvalue weighted by Gasteiger charge is -2.25. The van der Waals surface area contributed by atoms with Gasteiger partial charge < -0.3 is 4.90 Å². The first-order valence-electron chi connectivity index (χ1n) is 7.08. The summed E-state index contributed by atoms with van der Waals surface area (Å²) in [4.78, 5) is 14.1. The molecule has 0 bridgehead atoms. The lowest BCUT2D eigenvalue weighted by molar-refractivity contribution is 0.0731. The third-order valence-electron chi connectivity index (χ3n) is 3.93. The number of carbonyl (C=O) groups excluding carboxylic acids is 1. The Hall–Kier alpha value is -2.30. The predicted molar refractivity (Wildman–Crippen MR) is 75.8 cm³/mol. The lowest BCUT2D eigenvalue weighted by Crippen LogP contribution is -2.31. The minimum absolute atomic E-state index is 0.143. The van der Waals surface area contributed by atoms with Gasteiger partial charge in [0.2, 0.25) is 0 Å². The number of halogens is 3. The molecule has 1 saturated heterocycles. The molecule has 1 amide bonds. The average molecular weight is 305 g/mol. The third-order valence-corrected chi connectivity index (χ3v) is 3.93. The summed E-state index contributed by atoms with van der Waals surface area (Å²) in [6, 6.07) is 8.67. The van der Waals surface area contributed by atoms with Gasteiger partial charge in [-0.2, -0.15) is 0 Å². The highest BCUT2D eigenvalue weighted by molar-refractivity contribution is 5.95. The van der Waals surface area contributed by atoms with E-state index in [1.165, 1.54) is 12.1 Å². The first-order valence-corrected chi connectivity index (χ1v) is 7.08. The van der Waals surface area contributed by atoms with Crippen LogP contribution in [0.1, 0.15) is 34.8 Å². The summed E-state index contributed by atoms with van der Waals surface area (Å²) in [6.45, 7) is 0.498. The molecule has 1 aliphatic heterocycles. The Morgan fingerprint density at radius 1 is 1.00 bits per heavy atom. The van der Waals surface area contributed by atoms with Crippen LogP contribution in [0.3, 0.4) is 0 Å². The van der Waals surface area contributed by atoms with Crippen molar-refractivity contribution in [3.05, 3.63) is 71.0 Å². The monoisotopic (exact) mass is 305 g/mol. The van der Waals surface area contributed by atoms with Crippen molar-refractivity contribution < 1.29 is 18.0 Å². The molecule has 1 fully saturated rings. The van der Waals surface area contributed by atoms with Crippen LogP contribution in [0.25, 0.3) is 0 Å². The Kier molecular flexibility index (Phi) is 3.88. The summed E-state index contributed by atoms with van der Waals surface area (Å²) < 4.78 is 39.8. The van der Waals surface area contributed by atoms with Crippen molar-refractivity contribution in [3.63, 3.8) is 0 Å². The maximum absolute atomic E-state index is 13.8. The van der Waals surface area contributed by atoms with Crippen molar-refractivity contribution in [3.8, 4) is 0 Å². The summed E-state index contributed by atoms with van der Waals surface area (Å²) in [6.07, 6.45) is 1.52. The highest BCUT2D eigenvalue weighted by atomic mass is 19.1. The zero-order valence-electron chi connectivity index (χ0n) is 11.7. The fourth-order valence-corrected chi connectivity index (χ4v) is 2.86. The Bertz CT molecular complexity index is 700. The number of carbonyl (C=O) groups is 1. The van der Waals surface area contributed by atoms with E-state index in [1.807, 2.05) is 0 Å². The Labute approximate surface area is 126 Å². The SMILES string of the molecule is O=C(c1ccc(F)cc1F)N1CCCC1c1ccc(F)cc1. The summed E-state index contributed by atoms with van der Waals surface area (Å²) in [5.41, 5.74) is 0.671. The number of rotatable bonds is 2. The van der Waals surface area contributed by atoms with Gasteiger partial charge in [0.25, 0.3) is 5.91 Å². The van der Waals surface area contributed by atoms with Crippen molar-refractivity contribution in [2.24, 2.45) is 0 Å². The molecule has 2 nitrogen and oxygen atoms in total. The van der Waals surface area contributed by atoms with Gasteiger partial charge in [-0.25, -0.2) is 13.2 Å². The maximum atomic E-state index is 13.8. The number of amides is 1. The van der Waals surface area contributed by atoms with E-state index in [9.17, 15) is 18.0 Å². The van der Waals surface area contributed by atoms with Crippen molar-refractivity contribution in [2.75, 3.05) is 6.54 Å². The minimum atomic E-state index is -0.866. The average Bonchev–Trinajstić information content (AvgIpc) is 2.97. The highest BCUT2D eigenvalue weighted by Gasteiger charge is 2.31. The third kappa shape index (κ3) is 2.71. The van der Waals surface area contributed by atoms with E-state index >= 15 is 0 Å². The van der Waals surface area contributed by atoms with Gasteiger partial charge in [0, 0.05) is 12.6 Å². The molecule has 1 heterocycles. The van der Waals surface area contributed by atoms with Crippen LogP contribution >= 0.6 is 0 Å². The molecule has 2 aromatic rings. The van der Waals surface area contributed by atoms with Crippen LogP contribution in [0.5, 0.6) is 0 Å². The van der Waals surface area contributed by atoms with Crippen LogP contribution in [-0.4, -0.2) is 17.4 Å². The molecule has 0 aromatic heterocycles. The van der Waals surface area contributed by atoms with Crippen molar-refractivity contribution in [2.45, 2.75) is 18.9 Å². The largest absolute Gasteiger partial charge is 0.332 e. The summed E-state index contributed by atoms with van der Waals surface area (Å²) in [5, 5.41) is 0. The number of hydrogen-bond donors (Lipinski definition) is 0. The molecule has 5 heteroatoms. The van der Waals surface area contributed by atoms with Gasteiger partial charge in [-0.1, -0.05) is 12.1 Å². The van der Waals surface area contributed by atoms with Gasteiger partial charge in [-0.05, 0) is 42.7 Å². The van der Waals surface area contributed by atoms with Crippen LogP contribution in [0, 0.1) is 17.5 Å². The fraction of sp³-hybridized carbons (Fsp3) is 0.235. The second kappa shape index (κ2) is 5.83. The van der Waals surface area contributed by atoms with Crippen LogP contribution in [0.15, 0.2) is 42.5 Å². The predicted octanol–water partition coefficient (Wildman–Crippen LogP) is 4.08. The van der Waals surface area contributed by atoms with Gasteiger partial charge in [0.15, 0.2) is 0 Å². The van der Waals surface area contributed by atoms with E-state index in [0.717, 1.165) is 30.5 Å². The Morgan fingerprint density at radius 3 is 2.36 bits per heavy atom. The summed E-state index contributed by atoms with van der Waals surface area (Å²) in [7, 11) is 0. The lowest BCUT2D eigenvalue weighted by atomic mass is 10.0. The number of hydrogen-bond acceptors (Lipinski definition) is 1. The second-order valence-electron chi connectivity index (χ2n) is 5.33. The number of nitrogens with zero attached hydrogens (tertiary/aromatic N) is 1. The van der Waals surface area contributed by atoms with Crippen molar-refractivity contribution in [1.29, 1.82) is 0 Å². The van der Waals surface area contributed by atoms with E-state index in [2.05, 4.69) is 0 Å². The Morgan fingerprint density at radius 2 is 1.68 bits per heavy atom. The standard InChI is InChI=1S/C17H14F3NO/c18-12-5-3-11(4-6-12)16-2-1-9-21(16)17(22)14-8-7-13(19)10-15(14)20/h3-8,10,16H,1-2,9H2. The van der Waals surface area contributed by atoms with Crippen LogP contribution in [0.4, 0.5) is 13.2 Å². The van der Waals surface area contributed by atoms with Crippen molar-refractivity contribution >= 4 is 5.91 Å². The molecular weight excluding hydrogens is 291 g/mol. The van der Waals surface area contributed by atoms with Crippen LogP contribution in [0.2, 0.25) is 0 Å². The zero-order chi connectivity index (χ0) is 15.7. The molecule has 0 spiro atoms. The van der Waals surface area contributed by atoms with E-state index in [-0.39, 0.29) is 17.4 Å². The molecule has 0 aliphatic carbocycles. The maximum Gasteiger partial charge on any atom is 0.257 e. The molecule has 1 atom stereocenters. The number of benzene rings is 2. The van der Waals surface area contributed by atoms with Gasteiger partial charge in [0.05, 0.1) is 11.6 Å². The zero-order valence-corrected chi connectivity index (χ0v) is 11.7. The minimum Gasteiger partial charge on any atom is -0.332 e.